The third-order valence-corrected chi connectivity index (χ3v) is 3.11. The molecule has 5 heteroatoms. The SMILES string of the molecule is CN([O-])c1cccc2c1C=CCCN2C(=O)OC(C)(C)C. The Labute approximate surface area is 125 Å². The number of anilines is 2. The van der Waals surface area contributed by atoms with Crippen LogP contribution in [0.1, 0.15) is 32.8 Å². The minimum Gasteiger partial charge on any atom is -0.758 e. The molecule has 21 heavy (non-hydrogen) atoms. The monoisotopic (exact) mass is 289 g/mol. The van der Waals surface area contributed by atoms with Crippen molar-refractivity contribution in [2.45, 2.75) is 32.8 Å². The van der Waals surface area contributed by atoms with Gasteiger partial charge in [-0.2, -0.15) is 0 Å². The predicted octanol–water partition coefficient (Wildman–Crippen LogP) is 3.78. The number of fused-ring (bicyclic) bond motifs is 1. The molecule has 1 aliphatic heterocycles. The van der Waals surface area contributed by atoms with Crippen molar-refractivity contribution in [1.82, 2.24) is 0 Å². The number of amides is 1. The van der Waals surface area contributed by atoms with Crippen molar-refractivity contribution in [2.75, 3.05) is 23.6 Å². The second kappa shape index (κ2) is 5.77. The molecule has 0 atom stereocenters. The average molecular weight is 289 g/mol. The Hall–Kier alpha value is -2.01. The number of carbonyl (C=O) groups excluding carboxylic acids is 1. The lowest BCUT2D eigenvalue weighted by molar-refractivity contribution is 0.0581. The highest BCUT2D eigenvalue weighted by Gasteiger charge is 2.26. The minimum absolute atomic E-state index is 0.391. The first-order chi connectivity index (χ1) is 9.79. The number of ether oxygens (including phenoxy) is 1. The maximum absolute atomic E-state index is 12.4. The van der Waals surface area contributed by atoms with Gasteiger partial charge in [-0.05, 0) is 46.4 Å². The van der Waals surface area contributed by atoms with Crippen molar-refractivity contribution in [3.63, 3.8) is 0 Å². The van der Waals surface area contributed by atoms with E-state index in [4.69, 9.17) is 4.74 Å². The summed E-state index contributed by atoms with van der Waals surface area (Å²) in [7, 11) is 1.45. The van der Waals surface area contributed by atoms with Crippen LogP contribution in [-0.2, 0) is 4.74 Å². The van der Waals surface area contributed by atoms with E-state index in [2.05, 4.69) is 0 Å². The number of hydrogen-bond donors (Lipinski definition) is 0. The zero-order valence-corrected chi connectivity index (χ0v) is 12.9. The van der Waals surface area contributed by atoms with Gasteiger partial charge in [-0.25, -0.2) is 4.79 Å². The summed E-state index contributed by atoms with van der Waals surface area (Å²) in [5, 5.41) is 12.5. The molecule has 1 aromatic rings. The second-order valence-corrected chi connectivity index (χ2v) is 6.03. The average Bonchev–Trinajstić information content (AvgIpc) is 2.58. The quantitative estimate of drug-likeness (QED) is 0.738. The molecule has 0 fully saturated rings. The maximum Gasteiger partial charge on any atom is 0.414 e. The van der Waals surface area contributed by atoms with Gasteiger partial charge in [-0.15, -0.1) is 0 Å². The van der Waals surface area contributed by atoms with Gasteiger partial charge in [0.1, 0.15) is 5.60 Å². The first-order valence-electron chi connectivity index (χ1n) is 7.00. The Morgan fingerprint density at radius 2 is 2.10 bits per heavy atom. The van der Waals surface area contributed by atoms with Gasteiger partial charge in [0.25, 0.3) is 0 Å². The van der Waals surface area contributed by atoms with Crippen LogP contribution in [0.4, 0.5) is 16.2 Å². The van der Waals surface area contributed by atoms with Crippen LogP contribution >= 0.6 is 0 Å². The molecule has 0 aliphatic carbocycles. The van der Waals surface area contributed by atoms with Gasteiger partial charge < -0.3 is 15.0 Å². The molecular formula is C16H21N2O3-. The Morgan fingerprint density at radius 3 is 2.71 bits per heavy atom. The summed E-state index contributed by atoms with van der Waals surface area (Å²) in [5.74, 6) is 0. The van der Waals surface area contributed by atoms with E-state index in [0.717, 1.165) is 17.0 Å². The number of rotatable bonds is 1. The molecule has 5 nitrogen and oxygen atoms in total. The van der Waals surface area contributed by atoms with Crippen LogP contribution in [0.25, 0.3) is 6.08 Å². The van der Waals surface area contributed by atoms with Crippen LogP contribution in [0.15, 0.2) is 24.3 Å². The third-order valence-electron chi connectivity index (χ3n) is 3.11. The van der Waals surface area contributed by atoms with Crippen molar-refractivity contribution in [3.8, 4) is 0 Å². The Bertz CT molecular complexity index is 559. The molecule has 1 heterocycles. The standard InChI is InChI=1S/C16H21N2O3/c1-16(2,3)21-15(19)18-11-6-5-8-12-13(17(4)20)9-7-10-14(12)18/h5,7-10H,6,11H2,1-4H3/q-1. The van der Waals surface area contributed by atoms with Crippen molar-refractivity contribution in [1.29, 1.82) is 0 Å². The first kappa shape index (κ1) is 15.4. The molecule has 2 rings (SSSR count). The Morgan fingerprint density at radius 1 is 1.38 bits per heavy atom. The van der Waals surface area contributed by atoms with E-state index < -0.39 is 11.7 Å². The smallest absolute Gasteiger partial charge is 0.414 e. The van der Waals surface area contributed by atoms with Gasteiger partial charge in [0.2, 0.25) is 0 Å². The van der Waals surface area contributed by atoms with E-state index in [0.29, 0.717) is 17.9 Å². The topological polar surface area (TPSA) is 55.8 Å². The van der Waals surface area contributed by atoms with Crippen LogP contribution in [-0.4, -0.2) is 25.3 Å². The van der Waals surface area contributed by atoms with Gasteiger partial charge in [0.05, 0.1) is 5.69 Å². The lowest BCUT2D eigenvalue weighted by Gasteiger charge is -2.31. The summed E-state index contributed by atoms with van der Waals surface area (Å²) in [6.07, 6.45) is 4.19. The summed E-state index contributed by atoms with van der Waals surface area (Å²) in [4.78, 5) is 14.0. The molecule has 114 valence electrons. The van der Waals surface area contributed by atoms with E-state index >= 15 is 0 Å². The normalized spacial score (nSPS) is 14.4. The molecule has 0 spiro atoms. The van der Waals surface area contributed by atoms with Crippen molar-refractivity contribution in [3.05, 3.63) is 35.0 Å². The first-order valence-corrected chi connectivity index (χ1v) is 7.00. The molecule has 0 bridgehead atoms. The molecule has 0 radical (unpaired) electrons. The largest absolute Gasteiger partial charge is 0.758 e. The number of carbonyl (C=O) groups is 1. The van der Waals surface area contributed by atoms with Crippen LogP contribution < -0.4 is 9.96 Å². The molecule has 1 amide bonds. The maximum atomic E-state index is 12.4. The number of nitrogens with zero attached hydrogens (tertiary/aromatic N) is 2. The lowest BCUT2D eigenvalue weighted by Crippen LogP contribution is -2.37. The fourth-order valence-electron chi connectivity index (χ4n) is 2.25. The molecule has 0 N–H and O–H groups in total. The lowest BCUT2D eigenvalue weighted by atomic mass is 10.1. The van der Waals surface area contributed by atoms with Crippen molar-refractivity contribution < 1.29 is 9.53 Å². The van der Waals surface area contributed by atoms with E-state index in [1.165, 1.54) is 7.05 Å². The molecular weight excluding hydrogens is 268 g/mol. The molecule has 0 aromatic heterocycles. The van der Waals surface area contributed by atoms with Gasteiger partial charge in [0, 0.05) is 17.8 Å². The van der Waals surface area contributed by atoms with E-state index in [1.807, 2.05) is 39.0 Å². The summed E-state index contributed by atoms with van der Waals surface area (Å²) in [5.41, 5.74) is 1.44. The van der Waals surface area contributed by atoms with Crippen molar-refractivity contribution in [2.24, 2.45) is 0 Å². The third kappa shape index (κ3) is 3.55. The van der Waals surface area contributed by atoms with E-state index in [9.17, 15) is 10.0 Å². The Balaban J connectivity index is 2.41. The molecule has 1 aromatic carbocycles. The van der Waals surface area contributed by atoms with E-state index in [1.54, 1.807) is 17.0 Å². The van der Waals surface area contributed by atoms with Crippen LogP contribution in [0.3, 0.4) is 0 Å². The summed E-state index contributed by atoms with van der Waals surface area (Å²) in [6.45, 7) is 6.04. The number of hydroxylamine groups is 1. The number of hydrogen-bond acceptors (Lipinski definition) is 4. The molecule has 0 unspecified atom stereocenters. The van der Waals surface area contributed by atoms with E-state index in [-0.39, 0.29) is 0 Å². The highest BCUT2D eigenvalue weighted by Crippen LogP contribution is 2.33. The summed E-state index contributed by atoms with van der Waals surface area (Å²) < 4.78 is 5.46. The van der Waals surface area contributed by atoms with Crippen LogP contribution in [0.5, 0.6) is 0 Å². The van der Waals surface area contributed by atoms with Gasteiger partial charge in [-0.1, -0.05) is 18.2 Å². The van der Waals surface area contributed by atoms with Crippen LogP contribution in [0, 0.1) is 5.21 Å². The minimum atomic E-state index is -0.552. The predicted molar refractivity (Wildman–Crippen MR) is 85.4 cm³/mol. The molecule has 1 aliphatic rings. The van der Waals surface area contributed by atoms with Gasteiger partial charge in [-0.3, -0.25) is 4.90 Å². The fraction of sp³-hybridized carbons (Fsp3) is 0.438. The summed E-state index contributed by atoms with van der Waals surface area (Å²) in [6, 6.07) is 5.36. The van der Waals surface area contributed by atoms with Gasteiger partial charge in [0.15, 0.2) is 0 Å². The molecule has 0 saturated carbocycles. The molecule has 0 saturated heterocycles. The fourth-order valence-corrected chi connectivity index (χ4v) is 2.25. The van der Waals surface area contributed by atoms with Gasteiger partial charge >= 0.3 is 6.09 Å². The zero-order chi connectivity index (χ0) is 15.6. The Kier molecular flexibility index (Phi) is 4.23. The highest BCUT2D eigenvalue weighted by atomic mass is 16.6. The second-order valence-electron chi connectivity index (χ2n) is 6.03. The van der Waals surface area contributed by atoms with Crippen molar-refractivity contribution >= 4 is 23.5 Å². The zero-order valence-electron chi connectivity index (χ0n) is 12.9. The summed E-state index contributed by atoms with van der Waals surface area (Å²) >= 11 is 0. The number of benzene rings is 1. The van der Waals surface area contributed by atoms with Crippen LogP contribution in [0.2, 0.25) is 0 Å². The highest BCUT2D eigenvalue weighted by molar-refractivity contribution is 5.94.